The summed E-state index contributed by atoms with van der Waals surface area (Å²) in [6, 6.07) is 3.92. The molecule has 0 radical (unpaired) electrons. The number of halogens is 1. The molecule has 0 saturated heterocycles. The first-order chi connectivity index (χ1) is 11.0. The molecule has 1 amide bonds. The molecule has 0 bridgehead atoms. The first kappa shape index (κ1) is 20.1. The highest BCUT2D eigenvalue weighted by Gasteiger charge is 2.07. The Labute approximate surface area is 158 Å². The largest absolute Gasteiger partial charge is 0.354 e. The molecule has 2 heterocycles. The number of nitrogens with zero attached hydrogens (tertiary/aromatic N) is 5. The number of carbonyl (C=O) groups excluding carboxylic acids is 1. The average molecular weight is 445 g/mol. The zero-order valence-corrected chi connectivity index (χ0v) is 16.7. The number of rotatable bonds is 5. The molecule has 0 fully saturated rings. The second kappa shape index (κ2) is 9.40. The lowest BCUT2D eigenvalue weighted by Gasteiger charge is -2.16. The molecular weight excluding hydrogens is 421 g/mol. The maximum Gasteiger partial charge on any atom is 0.241 e. The lowest BCUT2D eigenvalue weighted by atomic mass is 10.4. The fourth-order valence-corrected chi connectivity index (χ4v) is 1.91. The fourth-order valence-electron chi connectivity index (χ4n) is 1.91. The van der Waals surface area contributed by atoms with E-state index in [1.807, 2.05) is 26.0 Å². The van der Waals surface area contributed by atoms with Crippen molar-refractivity contribution in [3.05, 3.63) is 30.2 Å². The van der Waals surface area contributed by atoms with Crippen molar-refractivity contribution in [2.75, 3.05) is 20.6 Å². The average Bonchev–Trinajstić information content (AvgIpc) is 2.98. The van der Waals surface area contributed by atoms with Gasteiger partial charge in [-0.25, -0.2) is 14.5 Å². The van der Waals surface area contributed by atoms with Gasteiger partial charge in [0, 0.05) is 32.4 Å². The van der Waals surface area contributed by atoms with Gasteiger partial charge < -0.3 is 15.5 Å². The molecule has 9 heteroatoms. The molecule has 2 aromatic heterocycles. The van der Waals surface area contributed by atoms with Crippen molar-refractivity contribution in [2.24, 2.45) is 4.99 Å². The molecule has 0 aliphatic heterocycles. The van der Waals surface area contributed by atoms with Crippen LogP contribution >= 0.6 is 24.0 Å². The summed E-state index contributed by atoms with van der Waals surface area (Å²) in [5, 5.41) is 10.5. The van der Waals surface area contributed by atoms with Crippen LogP contribution in [0, 0.1) is 0 Å². The van der Waals surface area contributed by atoms with Gasteiger partial charge in [0.15, 0.2) is 11.6 Å². The summed E-state index contributed by atoms with van der Waals surface area (Å²) in [6.45, 7) is 4.66. The molecule has 132 valence electrons. The number of carbonyl (C=O) groups is 1. The molecule has 24 heavy (non-hydrogen) atoms. The van der Waals surface area contributed by atoms with Gasteiger partial charge in [-0.15, -0.1) is 24.0 Å². The Kier molecular flexibility index (Phi) is 7.89. The predicted molar refractivity (Wildman–Crippen MR) is 105 cm³/mol. The molecule has 0 spiro atoms. The normalized spacial score (nSPS) is 11.3. The van der Waals surface area contributed by atoms with Crippen molar-refractivity contribution in [2.45, 2.75) is 26.4 Å². The van der Waals surface area contributed by atoms with E-state index in [1.165, 1.54) is 4.90 Å². The van der Waals surface area contributed by atoms with E-state index >= 15 is 0 Å². The number of aromatic nitrogens is 3. The van der Waals surface area contributed by atoms with Gasteiger partial charge in [-0.3, -0.25) is 4.79 Å². The molecule has 2 aromatic rings. The Morgan fingerprint density at radius 2 is 2.08 bits per heavy atom. The van der Waals surface area contributed by atoms with Crippen LogP contribution < -0.4 is 10.6 Å². The Bertz CT molecular complexity index is 696. The third-order valence-electron chi connectivity index (χ3n) is 3.10. The lowest BCUT2D eigenvalue weighted by molar-refractivity contribution is -0.127. The van der Waals surface area contributed by atoms with Crippen LogP contribution in [0.15, 0.2) is 29.5 Å². The van der Waals surface area contributed by atoms with Crippen LogP contribution in [0.4, 0.5) is 0 Å². The summed E-state index contributed by atoms with van der Waals surface area (Å²) in [6.07, 6.45) is 3.44. The zero-order valence-electron chi connectivity index (χ0n) is 14.4. The van der Waals surface area contributed by atoms with E-state index in [0.29, 0.717) is 12.5 Å². The van der Waals surface area contributed by atoms with Crippen LogP contribution in [0.2, 0.25) is 0 Å². The van der Waals surface area contributed by atoms with Crippen LogP contribution in [0.1, 0.15) is 19.5 Å². The molecule has 0 aromatic carbocycles. The van der Waals surface area contributed by atoms with Gasteiger partial charge in [0.25, 0.3) is 0 Å². The van der Waals surface area contributed by atoms with Crippen LogP contribution in [0.5, 0.6) is 0 Å². The first-order valence-electron chi connectivity index (χ1n) is 7.50. The maximum atomic E-state index is 11.7. The van der Waals surface area contributed by atoms with E-state index in [2.05, 4.69) is 25.7 Å². The molecule has 2 N–H and O–H groups in total. The number of hydrogen-bond donors (Lipinski definition) is 2. The molecule has 0 atom stereocenters. The van der Waals surface area contributed by atoms with Crippen LogP contribution in [0.3, 0.4) is 0 Å². The minimum atomic E-state index is -0.0124. The summed E-state index contributed by atoms with van der Waals surface area (Å²) < 4.78 is 1.75. The number of amides is 1. The minimum absolute atomic E-state index is 0. The molecule has 2 rings (SSSR count). The predicted octanol–water partition coefficient (Wildman–Crippen LogP) is 0.879. The lowest BCUT2D eigenvalue weighted by Crippen LogP contribution is -2.45. The van der Waals surface area contributed by atoms with Gasteiger partial charge in [0.2, 0.25) is 5.91 Å². The quantitative estimate of drug-likeness (QED) is 0.406. The van der Waals surface area contributed by atoms with Gasteiger partial charge in [-0.05, 0) is 19.9 Å². The van der Waals surface area contributed by atoms with Crippen molar-refractivity contribution in [3.63, 3.8) is 0 Å². The maximum absolute atomic E-state index is 11.7. The van der Waals surface area contributed by atoms with Crippen LogP contribution in [0.25, 0.3) is 5.65 Å². The highest BCUT2D eigenvalue weighted by atomic mass is 127. The van der Waals surface area contributed by atoms with E-state index in [0.717, 1.165) is 11.3 Å². The fraction of sp³-hybridized carbons (Fsp3) is 0.467. The third-order valence-corrected chi connectivity index (χ3v) is 3.10. The van der Waals surface area contributed by atoms with Crippen molar-refractivity contribution in [1.29, 1.82) is 0 Å². The van der Waals surface area contributed by atoms with Crippen molar-refractivity contribution < 1.29 is 4.79 Å². The summed E-state index contributed by atoms with van der Waals surface area (Å²) in [7, 11) is 3.45. The van der Waals surface area contributed by atoms with E-state index < -0.39 is 0 Å². The van der Waals surface area contributed by atoms with Crippen LogP contribution in [-0.4, -0.2) is 58.0 Å². The summed E-state index contributed by atoms with van der Waals surface area (Å²) in [4.78, 5) is 22.0. The monoisotopic (exact) mass is 445 g/mol. The number of aliphatic imine (C=N–C) groups is 1. The van der Waals surface area contributed by atoms with E-state index in [1.54, 1.807) is 31.0 Å². The molecule has 0 saturated carbocycles. The van der Waals surface area contributed by atoms with Gasteiger partial charge in [-0.2, -0.15) is 5.10 Å². The van der Waals surface area contributed by atoms with Crippen LogP contribution in [-0.2, 0) is 11.3 Å². The van der Waals surface area contributed by atoms with E-state index in [4.69, 9.17) is 0 Å². The molecule has 0 aliphatic carbocycles. The zero-order chi connectivity index (χ0) is 16.8. The molecule has 8 nitrogen and oxygen atoms in total. The van der Waals surface area contributed by atoms with Gasteiger partial charge in [-0.1, -0.05) is 0 Å². The number of likely N-dealkylation sites (N-methyl/N-ethyl adjacent to an activating group) is 1. The van der Waals surface area contributed by atoms with Crippen molar-refractivity contribution in [3.8, 4) is 0 Å². The Morgan fingerprint density at radius 3 is 2.75 bits per heavy atom. The number of guanidine groups is 1. The van der Waals surface area contributed by atoms with Crippen molar-refractivity contribution in [1.82, 2.24) is 30.1 Å². The molecular formula is C15H24IN7O. The standard InChI is InChI=1S/C15H23N7O.HI/c1-11(2)20-15(18-10-14(23)21(3)4)17-9-12-5-7-16-13-6-8-19-22(12)13;/h5-8,11H,9-10H2,1-4H3,(H2,17,18,20);1H. The smallest absolute Gasteiger partial charge is 0.241 e. The second-order valence-corrected chi connectivity index (χ2v) is 5.64. The summed E-state index contributed by atoms with van der Waals surface area (Å²) in [5.74, 6) is 0.578. The SMILES string of the molecule is CC(C)NC(=NCc1ccnc2ccnn12)NCC(=O)N(C)C.I. The third kappa shape index (κ3) is 5.62. The highest BCUT2D eigenvalue weighted by Crippen LogP contribution is 2.04. The summed E-state index contributed by atoms with van der Waals surface area (Å²) >= 11 is 0. The Morgan fingerprint density at radius 1 is 1.33 bits per heavy atom. The van der Waals surface area contributed by atoms with Gasteiger partial charge >= 0.3 is 0 Å². The summed E-state index contributed by atoms with van der Waals surface area (Å²) in [5.41, 5.74) is 1.70. The number of hydrogen-bond acceptors (Lipinski definition) is 4. The van der Waals surface area contributed by atoms with E-state index in [9.17, 15) is 4.79 Å². The topological polar surface area (TPSA) is 86.9 Å². The van der Waals surface area contributed by atoms with Crippen molar-refractivity contribution >= 4 is 41.5 Å². The van der Waals surface area contributed by atoms with E-state index in [-0.39, 0.29) is 42.5 Å². The Balaban J connectivity index is 0.00000288. The molecule has 0 unspecified atom stereocenters. The highest BCUT2D eigenvalue weighted by molar-refractivity contribution is 14.0. The minimum Gasteiger partial charge on any atom is -0.354 e. The first-order valence-corrected chi connectivity index (χ1v) is 7.50. The molecule has 0 aliphatic rings. The van der Waals surface area contributed by atoms with Gasteiger partial charge in [0.1, 0.15) is 0 Å². The number of nitrogens with one attached hydrogen (secondary N) is 2. The second-order valence-electron chi connectivity index (χ2n) is 5.64. The Hall–Kier alpha value is -1.91. The number of fused-ring (bicyclic) bond motifs is 1. The van der Waals surface area contributed by atoms with Gasteiger partial charge in [0.05, 0.1) is 25.0 Å².